The molecule has 0 nitrogen and oxygen atoms in total. The van der Waals surface area contributed by atoms with Crippen molar-refractivity contribution in [3.8, 4) is 0 Å². The fourth-order valence-corrected chi connectivity index (χ4v) is 12.3. The Hall–Kier alpha value is 1.23. The van der Waals surface area contributed by atoms with Crippen molar-refractivity contribution in [2.45, 2.75) is 15.2 Å². The van der Waals surface area contributed by atoms with Crippen LogP contribution in [0.3, 0.4) is 0 Å². The Morgan fingerprint density at radius 1 is 1.67 bits per heavy atom. The topological polar surface area (TPSA) is 0 Å². The van der Waals surface area contributed by atoms with E-state index < -0.39 is 20.3 Å². The van der Waals surface area contributed by atoms with Crippen LogP contribution in [0.2, 0.25) is 8.76 Å². The van der Waals surface area contributed by atoms with Gasteiger partial charge in [0.1, 0.15) is 0 Å². The summed E-state index contributed by atoms with van der Waals surface area (Å²) in [5.74, 6) is 1.49. The number of hydrogen-bond acceptors (Lipinski definition) is 1. The van der Waals surface area contributed by atoms with Crippen molar-refractivity contribution in [3.05, 3.63) is 0 Å². The molecule has 0 bridgehead atoms. The van der Waals surface area contributed by atoms with Crippen LogP contribution in [0.15, 0.2) is 0 Å². The number of hydrogen-bond donors (Lipinski definition) is 0. The van der Waals surface area contributed by atoms with E-state index >= 15 is 0 Å². The predicted octanol–water partition coefficient (Wildman–Crippen LogP) is 1.74. The normalized spacial score (nSPS) is 25.5. The fraction of sp³-hybridized carbons (Fsp3) is 1.00. The molecule has 2 heteroatoms. The van der Waals surface area contributed by atoms with Crippen LogP contribution in [0.1, 0.15) is 6.42 Å². The molecule has 0 aromatic heterocycles. The second kappa shape index (κ2) is 2.52. The molecular weight excluding hydrogens is 289 g/mol. The summed E-state index contributed by atoms with van der Waals surface area (Å²) in [7, 11) is 2.30. The molecule has 0 aromatic rings. The van der Waals surface area contributed by atoms with Crippen LogP contribution in [-0.2, 0) is 0 Å². The van der Waals surface area contributed by atoms with E-state index in [1.807, 2.05) is 0 Å². The van der Waals surface area contributed by atoms with Gasteiger partial charge in [0.15, 0.2) is 0 Å². The van der Waals surface area contributed by atoms with E-state index in [-0.39, 0.29) is 0 Å². The molecule has 0 saturated carbocycles. The van der Waals surface area contributed by atoms with Crippen molar-refractivity contribution in [2.75, 3.05) is 5.75 Å². The molecule has 1 rings (SSSR count). The summed E-state index contributed by atoms with van der Waals surface area (Å²) >= 11 is -0.644. The van der Waals surface area contributed by atoms with Crippen LogP contribution < -0.4 is 0 Å². The van der Waals surface area contributed by atoms with Crippen molar-refractivity contribution < 1.29 is 0 Å². The van der Waals surface area contributed by atoms with E-state index in [0.717, 1.165) is 0 Å². The molecule has 1 saturated heterocycles. The van der Waals surface area contributed by atoms with Crippen molar-refractivity contribution in [1.82, 2.24) is 0 Å². The monoisotopic (exact) mass is 298 g/mol. The minimum atomic E-state index is -0.644. The molecule has 6 heavy (non-hydrogen) atoms. The van der Waals surface area contributed by atoms with Gasteiger partial charge in [0.25, 0.3) is 0 Å². The Labute approximate surface area is 49.6 Å². The maximum atomic E-state index is 2.51. The zero-order valence-electron chi connectivity index (χ0n) is 3.98. The zero-order valence-corrected chi connectivity index (χ0v) is 8.27. The fourth-order valence-electron chi connectivity index (χ4n) is 0.572. The van der Waals surface area contributed by atoms with Gasteiger partial charge < -0.3 is 0 Å². The van der Waals surface area contributed by atoms with Crippen molar-refractivity contribution in [3.63, 3.8) is 0 Å². The van der Waals surface area contributed by atoms with Crippen LogP contribution in [-0.4, -0.2) is 26.0 Å². The Morgan fingerprint density at radius 3 is 2.67 bits per heavy atom. The molecule has 1 fully saturated rings. The molecule has 1 aliphatic rings. The molecule has 0 atom stereocenters. The van der Waals surface area contributed by atoms with E-state index in [1.165, 1.54) is 5.75 Å². The maximum absolute atomic E-state index is 2.51. The van der Waals surface area contributed by atoms with Gasteiger partial charge in [-0.25, -0.2) is 0 Å². The first-order valence-electron chi connectivity index (χ1n) is 2.23. The summed E-state index contributed by atoms with van der Waals surface area (Å²) < 4.78 is 4.16. The average Bonchev–Trinajstić information content (AvgIpc) is 1.86. The summed E-state index contributed by atoms with van der Waals surface area (Å²) in [6.45, 7) is 0. The van der Waals surface area contributed by atoms with E-state index in [9.17, 15) is 0 Å². The minimum absolute atomic E-state index is 0.644. The Kier molecular flexibility index (Phi) is 2.25. The molecule has 1 heterocycles. The van der Waals surface area contributed by atoms with Gasteiger partial charge in [0.2, 0.25) is 0 Å². The second-order valence-corrected chi connectivity index (χ2v) is 17.3. The van der Waals surface area contributed by atoms with Gasteiger partial charge in [0, 0.05) is 0 Å². The summed E-state index contributed by atoms with van der Waals surface area (Å²) in [6, 6.07) is 0. The Bertz CT molecular complexity index is 40.8. The number of rotatable bonds is 0. The van der Waals surface area contributed by atoms with Crippen LogP contribution in [0.4, 0.5) is 0 Å². The molecule has 0 spiro atoms. The standard InChI is InChI=1S/C3H7S.CH3.Bi/c1-2-3-4;;/h4H,1-3H2;1H3;/q;;+1/p-1. The van der Waals surface area contributed by atoms with Crippen molar-refractivity contribution >= 4 is 28.8 Å². The molecule has 36 valence electrons. The Balaban J connectivity index is 2.18. The van der Waals surface area contributed by atoms with Crippen molar-refractivity contribution in [1.29, 1.82) is 0 Å². The molecule has 0 unspecified atom stereocenters. The second-order valence-electron chi connectivity index (χ2n) is 1.54. The van der Waals surface area contributed by atoms with Gasteiger partial charge in [-0.05, 0) is 0 Å². The molecule has 0 amide bonds. The van der Waals surface area contributed by atoms with E-state index in [1.54, 1.807) is 10.5 Å². The summed E-state index contributed by atoms with van der Waals surface area (Å²) in [5.41, 5.74) is 0. The quantitative estimate of drug-likeness (QED) is 0.614. The third-order valence-corrected chi connectivity index (χ3v) is 14.4. The summed E-state index contributed by atoms with van der Waals surface area (Å²) in [5, 5.41) is 0. The van der Waals surface area contributed by atoms with Gasteiger partial charge >= 0.3 is 49.7 Å². The zero-order chi connectivity index (χ0) is 4.41. The molecule has 1 aliphatic heterocycles. The molecule has 0 N–H and O–H groups in total. The van der Waals surface area contributed by atoms with Crippen LogP contribution in [0.5, 0.6) is 0 Å². The van der Waals surface area contributed by atoms with Crippen LogP contribution >= 0.6 is 8.52 Å². The summed E-state index contributed by atoms with van der Waals surface area (Å²) in [6.07, 6.45) is 1.54. The molecular formula is C4H9BiS. The SMILES string of the molecule is [CH3][Bi]1[CH2]CC[S]1. The first-order chi connectivity index (χ1) is 2.89. The van der Waals surface area contributed by atoms with Gasteiger partial charge in [-0.3, -0.25) is 0 Å². The summed E-state index contributed by atoms with van der Waals surface area (Å²) in [4.78, 5) is 0. The average molecular weight is 298 g/mol. The van der Waals surface area contributed by atoms with Gasteiger partial charge in [-0.1, -0.05) is 0 Å². The van der Waals surface area contributed by atoms with E-state index in [4.69, 9.17) is 0 Å². The van der Waals surface area contributed by atoms with Crippen molar-refractivity contribution in [2.24, 2.45) is 0 Å². The van der Waals surface area contributed by atoms with Gasteiger partial charge in [-0.15, -0.1) is 0 Å². The molecule has 0 aromatic carbocycles. The third kappa shape index (κ3) is 1.38. The third-order valence-electron chi connectivity index (χ3n) is 0.929. The van der Waals surface area contributed by atoms with Gasteiger partial charge in [0.05, 0.1) is 0 Å². The van der Waals surface area contributed by atoms with Crippen LogP contribution in [0, 0.1) is 0 Å². The first-order valence-corrected chi connectivity index (χ1v) is 13.4. The van der Waals surface area contributed by atoms with Gasteiger partial charge in [-0.2, -0.15) is 0 Å². The molecule has 0 aliphatic carbocycles. The predicted molar refractivity (Wildman–Crippen MR) is 33.5 cm³/mol. The first kappa shape index (κ1) is 5.37. The Morgan fingerprint density at radius 2 is 2.50 bits per heavy atom. The van der Waals surface area contributed by atoms with E-state index in [2.05, 4.69) is 13.1 Å². The van der Waals surface area contributed by atoms with E-state index in [0.29, 0.717) is 0 Å². The van der Waals surface area contributed by atoms with Crippen LogP contribution in [0.25, 0.3) is 0 Å². The molecule has 0 radical (unpaired) electrons.